The minimum absolute atomic E-state index is 0.538. The number of ether oxygens (including phenoxy) is 1. The molecule has 1 heterocycles. The zero-order valence-corrected chi connectivity index (χ0v) is 11.7. The lowest BCUT2D eigenvalue weighted by molar-refractivity contribution is 0.358. The Morgan fingerprint density at radius 2 is 2.26 bits per heavy atom. The molecule has 0 bridgehead atoms. The highest BCUT2D eigenvalue weighted by molar-refractivity contribution is 7.07. The molecule has 0 unspecified atom stereocenters. The van der Waals surface area contributed by atoms with Gasteiger partial charge in [-0.25, -0.2) is 4.98 Å². The molecule has 0 amide bonds. The van der Waals surface area contributed by atoms with Crippen molar-refractivity contribution in [2.45, 2.75) is 13.0 Å². The van der Waals surface area contributed by atoms with Crippen LogP contribution >= 0.6 is 11.3 Å². The first-order chi connectivity index (χ1) is 9.40. The molecule has 0 spiro atoms. The smallest absolute Gasteiger partial charge is 0.124 e. The van der Waals surface area contributed by atoms with Gasteiger partial charge in [-0.3, -0.25) is 0 Å². The predicted octanol–water partition coefficient (Wildman–Crippen LogP) is 3.04. The molecule has 0 aliphatic carbocycles. The Morgan fingerprint density at radius 3 is 3.05 bits per heavy atom. The van der Waals surface area contributed by atoms with Gasteiger partial charge >= 0.3 is 0 Å². The van der Waals surface area contributed by atoms with Crippen LogP contribution in [0.25, 0.3) is 0 Å². The summed E-state index contributed by atoms with van der Waals surface area (Å²) in [6.45, 7) is 5.92. The first-order valence-corrected chi connectivity index (χ1v) is 7.24. The lowest BCUT2D eigenvalue weighted by atomic mass is 10.2. The summed E-state index contributed by atoms with van der Waals surface area (Å²) in [6.07, 6.45) is 2.71. The second kappa shape index (κ2) is 7.71. The molecule has 100 valence electrons. The number of hydrogen-bond acceptors (Lipinski definition) is 4. The third-order valence-corrected chi connectivity index (χ3v) is 3.32. The zero-order valence-electron chi connectivity index (χ0n) is 10.8. The maximum Gasteiger partial charge on any atom is 0.124 e. The highest BCUT2D eigenvalue weighted by atomic mass is 32.1. The van der Waals surface area contributed by atoms with Crippen molar-refractivity contribution in [3.05, 3.63) is 59.1 Å². The fraction of sp³-hybridized carbons (Fsp3) is 0.267. The van der Waals surface area contributed by atoms with E-state index in [1.165, 1.54) is 5.56 Å². The largest absolute Gasteiger partial charge is 0.489 e. The average Bonchev–Trinajstić information content (AvgIpc) is 2.95. The van der Waals surface area contributed by atoms with Crippen LogP contribution in [0.3, 0.4) is 0 Å². The molecule has 0 atom stereocenters. The second-order valence-corrected chi connectivity index (χ2v) is 4.83. The lowest BCUT2D eigenvalue weighted by Crippen LogP contribution is -2.17. The maximum absolute atomic E-state index is 5.62. The van der Waals surface area contributed by atoms with E-state index in [-0.39, 0.29) is 0 Å². The molecular weight excluding hydrogens is 256 g/mol. The number of thiazole rings is 1. The van der Waals surface area contributed by atoms with E-state index in [9.17, 15) is 0 Å². The Labute approximate surface area is 118 Å². The van der Waals surface area contributed by atoms with E-state index in [0.717, 1.165) is 31.0 Å². The minimum Gasteiger partial charge on any atom is -0.489 e. The van der Waals surface area contributed by atoms with Gasteiger partial charge < -0.3 is 10.1 Å². The Kier molecular flexibility index (Phi) is 5.59. The Hall–Kier alpha value is -1.65. The van der Waals surface area contributed by atoms with Crippen LogP contribution in [-0.2, 0) is 13.0 Å². The van der Waals surface area contributed by atoms with Crippen molar-refractivity contribution in [1.29, 1.82) is 0 Å². The van der Waals surface area contributed by atoms with Gasteiger partial charge in [0, 0.05) is 30.5 Å². The molecule has 0 fully saturated rings. The highest BCUT2D eigenvalue weighted by Gasteiger charge is 2.02. The molecule has 4 heteroatoms. The molecule has 0 aliphatic heterocycles. The number of rotatable bonds is 8. The predicted molar refractivity (Wildman–Crippen MR) is 79.7 cm³/mol. The zero-order chi connectivity index (χ0) is 13.3. The lowest BCUT2D eigenvalue weighted by Gasteiger charge is -2.10. The molecule has 0 saturated carbocycles. The van der Waals surface area contributed by atoms with Crippen molar-refractivity contribution in [2.24, 2.45) is 0 Å². The molecule has 2 aromatic rings. The molecule has 1 N–H and O–H groups in total. The van der Waals surface area contributed by atoms with Crippen molar-refractivity contribution in [1.82, 2.24) is 10.3 Å². The standard InChI is InChI=1S/C15H18N2OS/c1-2-9-18-15-6-4-3-5-13(15)10-16-8-7-14-11-19-12-17-14/h2-6,11-12,16H,1,7-10H2. The van der Waals surface area contributed by atoms with Gasteiger partial charge in [0.1, 0.15) is 12.4 Å². The fourth-order valence-electron chi connectivity index (χ4n) is 1.74. The van der Waals surface area contributed by atoms with Crippen LogP contribution < -0.4 is 10.1 Å². The molecule has 3 nitrogen and oxygen atoms in total. The second-order valence-electron chi connectivity index (χ2n) is 4.11. The summed E-state index contributed by atoms with van der Waals surface area (Å²) in [6, 6.07) is 8.07. The van der Waals surface area contributed by atoms with E-state index in [1.54, 1.807) is 17.4 Å². The summed E-state index contributed by atoms with van der Waals surface area (Å²) in [5.74, 6) is 0.920. The van der Waals surface area contributed by atoms with E-state index >= 15 is 0 Å². The highest BCUT2D eigenvalue weighted by Crippen LogP contribution is 2.17. The van der Waals surface area contributed by atoms with Gasteiger partial charge in [-0.1, -0.05) is 30.9 Å². The Morgan fingerprint density at radius 1 is 1.37 bits per heavy atom. The van der Waals surface area contributed by atoms with E-state index in [4.69, 9.17) is 4.74 Å². The van der Waals surface area contributed by atoms with Crippen LogP contribution in [0.15, 0.2) is 47.8 Å². The van der Waals surface area contributed by atoms with Crippen molar-refractivity contribution >= 4 is 11.3 Å². The summed E-state index contributed by atoms with van der Waals surface area (Å²) < 4.78 is 5.62. The summed E-state index contributed by atoms with van der Waals surface area (Å²) in [5.41, 5.74) is 4.18. The van der Waals surface area contributed by atoms with E-state index < -0.39 is 0 Å². The SMILES string of the molecule is C=CCOc1ccccc1CNCCc1cscn1. The average molecular weight is 274 g/mol. The van der Waals surface area contributed by atoms with Gasteiger partial charge in [-0.2, -0.15) is 0 Å². The van der Waals surface area contributed by atoms with Crippen LogP contribution in [0.5, 0.6) is 5.75 Å². The summed E-state index contributed by atoms with van der Waals surface area (Å²) in [5, 5.41) is 5.50. The molecule has 2 rings (SSSR count). The minimum atomic E-state index is 0.538. The maximum atomic E-state index is 5.62. The van der Waals surface area contributed by atoms with Crippen molar-refractivity contribution < 1.29 is 4.74 Å². The summed E-state index contributed by atoms with van der Waals surface area (Å²) >= 11 is 1.64. The number of nitrogens with zero attached hydrogens (tertiary/aromatic N) is 1. The van der Waals surface area contributed by atoms with E-state index in [0.29, 0.717) is 6.61 Å². The number of para-hydroxylation sites is 1. The molecule has 0 saturated heterocycles. The van der Waals surface area contributed by atoms with Crippen molar-refractivity contribution in [2.75, 3.05) is 13.2 Å². The number of benzene rings is 1. The molecule has 1 aromatic carbocycles. The van der Waals surface area contributed by atoms with Crippen LogP contribution in [0.1, 0.15) is 11.3 Å². The van der Waals surface area contributed by atoms with E-state index in [2.05, 4.69) is 28.3 Å². The van der Waals surface area contributed by atoms with Gasteiger partial charge in [0.25, 0.3) is 0 Å². The topological polar surface area (TPSA) is 34.1 Å². The monoisotopic (exact) mass is 274 g/mol. The first kappa shape index (κ1) is 13.8. The summed E-state index contributed by atoms with van der Waals surface area (Å²) in [7, 11) is 0. The van der Waals surface area contributed by atoms with Crippen molar-refractivity contribution in [3.63, 3.8) is 0 Å². The van der Waals surface area contributed by atoms with Crippen LogP contribution in [0.4, 0.5) is 0 Å². The van der Waals surface area contributed by atoms with Gasteiger partial charge in [-0.05, 0) is 6.07 Å². The van der Waals surface area contributed by atoms with Gasteiger partial charge in [0.2, 0.25) is 0 Å². The normalized spacial score (nSPS) is 10.3. The number of aromatic nitrogens is 1. The van der Waals surface area contributed by atoms with Crippen LogP contribution in [0.2, 0.25) is 0 Å². The molecule has 0 aliphatic rings. The molecule has 19 heavy (non-hydrogen) atoms. The van der Waals surface area contributed by atoms with Gasteiger partial charge in [0.05, 0.1) is 11.2 Å². The molecular formula is C15H18N2OS. The van der Waals surface area contributed by atoms with E-state index in [1.807, 2.05) is 23.7 Å². The summed E-state index contributed by atoms with van der Waals surface area (Å²) in [4.78, 5) is 4.26. The number of hydrogen-bond donors (Lipinski definition) is 1. The van der Waals surface area contributed by atoms with Crippen LogP contribution in [-0.4, -0.2) is 18.1 Å². The fourth-order valence-corrected chi connectivity index (χ4v) is 2.33. The third-order valence-electron chi connectivity index (χ3n) is 2.69. The van der Waals surface area contributed by atoms with Crippen molar-refractivity contribution in [3.8, 4) is 5.75 Å². The van der Waals surface area contributed by atoms with Gasteiger partial charge in [0.15, 0.2) is 0 Å². The third kappa shape index (κ3) is 4.50. The first-order valence-electron chi connectivity index (χ1n) is 6.29. The van der Waals surface area contributed by atoms with Crippen LogP contribution in [0, 0.1) is 0 Å². The quantitative estimate of drug-likeness (QED) is 0.593. The molecule has 1 aromatic heterocycles. The number of nitrogens with one attached hydrogen (secondary N) is 1. The van der Waals surface area contributed by atoms with Gasteiger partial charge in [-0.15, -0.1) is 11.3 Å². The molecule has 0 radical (unpaired) electrons. The Balaban J connectivity index is 1.80. The Bertz CT molecular complexity index is 497.